The molecule has 4 N–H and O–H groups in total. The van der Waals surface area contributed by atoms with Crippen LogP contribution in [0.4, 0.5) is 0 Å². The van der Waals surface area contributed by atoms with Gasteiger partial charge in [-0.15, -0.1) is 0 Å². The fourth-order valence-corrected chi connectivity index (χ4v) is 9.64. The minimum atomic E-state index is -1.68. The van der Waals surface area contributed by atoms with Gasteiger partial charge in [-0.2, -0.15) is 0 Å². The van der Waals surface area contributed by atoms with Crippen molar-refractivity contribution in [3.63, 3.8) is 0 Å². The van der Waals surface area contributed by atoms with Crippen LogP contribution in [0.3, 0.4) is 0 Å². The molecule has 2 saturated carbocycles. The van der Waals surface area contributed by atoms with Crippen LogP contribution in [0.5, 0.6) is 0 Å². The molecule has 4 fully saturated rings. The number of ketones is 1. The number of carbonyl (C=O) groups excluding carboxylic acids is 2. The van der Waals surface area contributed by atoms with Gasteiger partial charge in [0.1, 0.15) is 24.4 Å². The summed E-state index contributed by atoms with van der Waals surface area (Å²) in [7, 11) is 0. The Morgan fingerprint density at radius 2 is 1.68 bits per heavy atom. The first-order valence-corrected chi connectivity index (χ1v) is 16.0. The molecular weight excluding hydrogens is 783 g/mol. The fourth-order valence-electron chi connectivity index (χ4n) is 9.64. The van der Waals surface area contributed by atoms with Crippen LogP contribution >= 0.6 is 0 Å². The number of ether oxygens (including phenoxy) is 4. The summed E-state index contributed by atoms with van der Waals surface area (Å²) in [5.41, 5.74) is -5.05. The van der Waals surface area contributed by atoms with Gasteiger partial charge in [0.25, 0.3) is 0 Å². The number of hydrogen-bond donors (Lipinski definition) is 4. The number of Topliss-reactive ketones (excluding diaryl/α,β-unsaturated/α-hetero) is 1. The van der Waals surface area contributed by atoms with E-state index in [0.717, 1.165) is 6.42 Å². The van der Waals surface area contributed by atoms with Crippen molar-refractivity contribution in [1.82, 2.24) is 0 Å². The van der Waals surface area contributed by atoms with E-state index in [1.54, 1.807) is 34.6 Å². The van der Waals surface area contributed by atoms with E-state index in [0.29, 0.717) is 17.4 Å². The summed E-state index contributed by atoms with van der Waals surface area (Å²) in [5.74, 6) is -2.26. The average molecular weight is 836 g/mol. The molecule has 2 saturated heterocycles. The molecule has 1 radical (unpaired) electrons. The Labute approximate surface area is 297 Å². The average Bonchev–Trinajstić information content (AvgIpc) is 2.94. The molecule has 0 aromatic heterocycles. The molecule has 11 heteroatoms. The van der Waals surface area contributed by atoms with Gasteiger partial charge in [-0.3, -0.25) is 4.79 Å². The molecule has 3 aliphatic carbocycles. The Morgan fingerprint density at radius 3 is 2.25 bits per heavy atom. The van der Waals surface area contributed by atoms with Gasteiger partial charge in [-0.05, 0) is 49.2 Å². The molecule has 0 aromatic rings. The van der Waals surface area contributed by atoms with E-state index >= 15 is 0 Å². The molecule has 2 bridgehead atoms. The molecule has 12 unspecified atom stereocenters. The third-order valence-electron chi connectivity index (χ3n) is 12.9. The van der Waals surface area contributed by atoms with E-state index in [-0.39, 0.29) is 87.7 Å². The summed E-state index contributed by atoms with van der Waals surface area (Å²) in [6.45, 7) is 16.6. The molecule has 5 aliphatic rings. The predicted molar refractivity (Wildman–Crippen MR) is 155 cm³/mol. The number of aliphatic hydroxyl groups excluding tert-OH is 2. The van der Waals surface area contributed by atoms with Gasteiger partial charge in [0, 0.05) is 74.2 Å². The van der Waals surface area contributed by atoms with Crippen LogP contribution in [0.2, 0.25) is 0 Å². The Bertz CT molecular complexity index is 1170. The summed E-state index contributed by atoms with van der Waals surface area (Å²) in [5, 5.41) is 47.1. The third-order valence-corrected chi connectivity index (χ3v) is 12.9. The summed E-state index contributed by atoms with van der Waals surface area (Å²) in [6.07, 6.45) is -4.27. The first-order chi connectivity index (χ1) is 19.9. The predicted octanol–water partition coefficient (Wildman–Crippen LogP) is 2.53. The van der Waals surface area contributed by atoms with Crippen LogP contribution in [-0.2, 0) is 28.5 Å². The second kappa shape index (κ2) is 12.5. The molecule has 247 valence electrons. The van der Waals surface area contributed by atoms with Crippen molar-refractivity contribution in [2.24, 2.45) is 40.4 Å². The number of aliphatic hydroxyl groups is 4. The second-order valence-corrected chi connectivity index (χ2v) is 15.0. The van der Waals surface area contributed by atoms with Gasteiger partial charge < -0.3 is 39.4 Å². The third kappa shape index (κ3) is 5.17. The Hall–Kier alpha value is 0.0416. The molecule has 0 spiro atoms. The molecule has 2 aliphatic heterocycles. The fraction of sp³-hybridized carbons (Fsp3) is 0.879. The number of hydrogen-bond acceptors (Lipinski definition) is 10. The summed E-state index contributed by atoms with van der Waals surface area (Å²) < 4.78 is 23.9. The molecule has 14 atom stereocenters. The van der Waals surface area contributed by atoms with E-state index in [4.69, 9.17) is 18.9 Å². The van der Waals surface area contributed by atoms with Gasteiger partial charge >= 0.3 is 5.97 Å². The van der Waals surface area contributed by atoms with E-state index in [9.17, 15) is 30.0 Å². The van der Waals surface area contributed by atoms with Crippen molar-refractivity contribution in [3.8, 4) is 0 Å². The second-order valence-electron chi connectivity index (χ2n) is 15.0. The van der Waals surface area contributed by atoms with Crippen molar-refractivity contribution < 1.29 is 93.0 Å². The van der Waals surface area contributed by atoms with Crippen LogP contribution in [-0.4, -0.2) is 93.4 Å². The maximum absolute atomic E-state index is 14.5. The van der Waals surface area contributed by atoms with E-state index < -0.39 is 76.3 Å². The van der Waals surface area contributed by atoms with Crippen molar-refractivity contribution in [2.75, 3.05) is 13.2 Å². The molecular formula is C33H52AcO10. The quantitative estimate of drug-likeness (QED) is 0.241. The van der Waals surface area contributed by atoms with Gasteiger partial charge in [0.05, 0.1) is 35.9 Å². The normalized spacial score (nSPS) is 49.8. The van der Waals surface area contributed by atoms with E-state index in [1.165, 1.54) is 0 Å². The minimum absolute atomic E-state index is 0. The number of fused-ring (bicyclic) bond motifs is 5. The molecule has 44 heavy (non-hydrogen) atoms. The van der Waals surface area contributed by atoms with Crippen LogP contribution in [0.25, 0.3) is 0 Å². The van der Waals surface area contributed by atoms with Crippen molar-refractivity contribution >= 4 is 11.8 Å². The maximum Gasteiger partial charge on any atom is 0.332 e. The SMILES string of the molecule is CCC1OC(OCC(=O)OC2CC3OCC3(O)C3[C@H](C)C4(O)CC(O)C(C)=C(C(O)C(=O)[C@]23C)C4(C)C)C(C)C(C)C1C.[Ac]. The summed E-state index contributed by atoms with van der Waals surface area (Å²) in [6, 6.07) is 0. The molecule has 0 aromatic carbocycles. The van der Waals surface area contributed by atoms with Crippen molar-refractivity contribution in [2.45, 2.75) is 130 Å². The number of esters is 1. The Kier molecular flexibility index (Phi) is 10.5. The zero-order valence-electron chi connectivity index (χ0n) is 27.7. The minimum Gasteiger partial charge on any atom is -0.459 e. The van der Waals surface area contributed by atoms with Gasteiger partial charge in [-0.1, -0.05) is 48.5 Å². The Morgan fingerprint density at radius 1 is 1.05 bits per heavy atom. The summed E-state index contributed by atoms with van der Waals surface area (Å²) in [4.78, 5) is 27.9. The van der Waals surface area contributed by atoms with Crippen LogP contribution < -0.4 is 0 Å². The molecule has 10 nitrogen and oxygen atoms in total. The molecule has 2 heterocycles. The first kappa shape index (κ1) is 36.9. The molecule has 0 amide bonds. The zero-order chi connectivity index (χ0) is 32.0. The smallest absolute Gasteiger partial charge is 0.332 e. The monoisotopic (exact) mass is 835 g/mol. The van der Waals surface area contributed by atoms with Crippen LogP contribution in [0.1, 0.15) is 81.6 Å². The number of carbonyl (C=O) groups is 2. The van der Waals surface area contributed by atoms with Crippen molar-refractivity contribution in [1.29, 1.82) is 0 Å². The van der Waals surface area contributed by atoms with Crippen LogP contribution in [0, 0.1) is 84.5 Å². The van der Waals surface area contributed by atoms with Gasteiger partial charge in [0.15, 0.2) is 12.1 Å². The summed E-state index contributed by atoms with van der Waals surface area (Å²) >= 11 is 0. The molecule has 5 rings (SSSR count). The number of rotatable bonds is 5. The topological polar surface area (TPSA) is 152 Å². The van der Waals surface area contributed by atoms with Crippen LogP contribution in [0.15, 0.2) is 11.1 Å². The Balaban J connectivity index is 0.00000442. The van der Waals surface area contributed by atoms with Crippen molar-refractivity contribution in [3.05, 3.63) is 11.1 Å². The zero-order valence-corrected chi connectivity index (χ0v) is 32.4. The van der Waals surface area contributed by atoms with E-state index in [2.05, 4.69) is 20.8 Å². The van der Waals surface area contributed by atoms with E-state index in [1.807, 2.05) is 6.92 Å². The maximum atomic E-state index is 14.5. The first-order valence-electron chi connectivity index (χ1n) is 16.0. The standard InChI is InChI=1S/C33H52O10.Ac/c1-10-21-16(3)15(2)17(4)29(42-21)40-13-24(35)43-22-11-23-32(38,14-41-23)27-19(6)33(39)12-20(34)18(5)25(30(33,7)8)26(36)28(37)31(22,27)9;/h15-17,19-23,26-27,29,34,36,38-39H,10-14H2,1-9H3;/t15?,16?,17?,19-,20?,21?,22?,23?,26?,27?,29?,31+,32?,33?;/m0./s1. The van der Waals surface area contributed by atoms with Gasteiger partial charge in [-0.25, -0.2) is 4.79 Å². The van der Waals surface area contributed by atoms with Gasteiger partial charge in [0.2, 0.25) is 0 Å². The largest absolute Gasteiger partial charge is 0.459 e.